The Balaban J connectivity index is 1.60. The smallest absolute Gasteiger partial charge is 0.127 e. The number of aliphatic hydroxyl groups excluding tert-OH is 1. The van der Waals surface area contributed by atoms with Crippen molar-refractivity contribution in [1.29, 1.82) is 5.41 Å². The molecule has 0 bridgehead atoms. The maximum atomic E-state index is 9.59. The Morgan fingerprint density at radius 1 is 1.14 bits per heavy atom. The number of likely N-dealkylation sites (tertiary alicyclic amines) is 1. The van der Waals surface area contributed by atoms with Gasteiger partial charge in [0.2, 0.25) is 0 Å². The SMILES string of the molecule is N=C(/C=C(\O)C(N)N)N1CC2CN(c3ccccc3)CC2C1. The largest absolute Gasteiger partial charge is 0.509 e. The summed E-state index contributed by atoms with van der Waals surface area (Å²) in [7, 11) is 0. The topological polar surface area (TPSA) is 103 Å². The van der Waals surface area contributed by atoms with E-state index in [-0.39, 0.29) is 5.76 Å². The summed E-state index contributed by atoms with van der Waals surface area (Å²) in [6, 6.07) is 10.4. The van der Waals surface area contributed by atoms with Gasteiger partial charge < -0.3 is 26.4 Å². The molecule has 2 saturated heterocycles. The normalized spacial score (nSPS) is 25.0. The number of anilines is 1. The first-order valence-corrected chi connectivity index (χ1v) is 7.60. The highest BCUT2D eigenvalue weighted by Gasteiger charge is 2.40. The second-order valence-electron chi connectivity index (χ2n) is 6.15. The molecular formula is C16H23N5O. The van der Waals surface area contributed by atoms with Crippen LogP contribution in [0.5, 0.6) is 0 Å². The summed E-state index contributed by atoms with van der Waals surface area (Å²) in [5.74, 6) is 1.26. The molecule has 2 heterocycles. The monoisotopic (exact) mass is 301 g/mol. The lowest BCUT2D eigenvalue weighted by Crippen LogP contribution is -2.35. The predicted molar refractivity (Wildman–Crippen MR) is 87.8 cm³/mol. The van der Waals surface area contributed by atoms with Crippen LogP contribution in [0.4, 0.5) is 5.69 Å². The third-order valence-corrected chi connectivity index (χ3v) is 4.57. The first-order chi connectivity index (χ1) is 10.5. The van der Waals surface area contributed by atoms with Crippen molar-refractivity contribution < 1.29 is 5.11 Å². The van der Waals surface area contributed by atoms with Gasteiger partial charge in [0, 0.05) is 49.8 Å². The van der Waals surface area contributed by atoms with Gasteiger partial charge >= 0.3 is 0 Å². The van der Waals surface area contributed by atoms with Crippen LogP contribution in [-0.2, 0) is 0 Å². The van der Waals surface area contributed by atoms with Gasteiger partial charge in [-0.1, -0.05) is 18.2 Å². The molecule has 1 aromatic carbocycles. The molecule has 2 unspecified atom stereocenters. The zero-order valence-corrected chi connectivity index (χ0v) is 12.5. The van der Waals surface area contributed by atoms with Crippen molar-refractivity contribution in [2.24, 2.45) is 23.3 Å². The Labute approximate surface area is 130 Å². The Bertz CT molecular complexity index is 557. The molecule has 2 aliphatic rings. The summed E-state index contributed by atoms with van der Waals surface area (Å²) in [5, 5.41) is 17.7. The Morgan fingerprint density at radius 3 is 2.27 bits per heavy atom. The average Bonchev–Trinajstić information content (AvgIpc) is 3.06. The average molecular weight is 301 g/mol. The lowest BCUT2D eigenvalue weighted by molar-refractivity contribution is 0.368. The van der Waals surface area contributed by atoms with Crippen LogP contribution in [0.15, 0.2) is 42.2 Å². The number of nitrogens with one attached hydrogen (secondary N) is 1. The van der Waals surface area contributed by atoms with Crippen LogP contribution in [0.25, 0.3) is 0 Å². The second kappa shape index (κ2) is 5.98. The van der Waals surface area contributed by atoms with E-state index in [0.29, 0.717) is 17.7 Å². The lowest BCUT2D eigenvalue weighted by atomic mass is 10.0. The number of aliphatic hydroxyl groups is 1. The minimum absolute atomic E-state index is 0.145. The van der Waals surface area contributed by atoms with Crippen molar-refractivity contribution >= 4 is 11.5 Å². The first-order valence-electron chi connectivity index (χ1n) is 7.60. The fourth-order valence-electron chi connectivity index (χ4n) is 3.37. The number of rotatable bonds is 3. The quantitative estimate of drug-likeness (QED) is 0.285. The summed E-state index contributed by atoms with van der Waals surface area (Å²) in [6.07, 6.45) is 0.441. The van der Waals surface area contributed by atoms with Gasteiger partial charge in [-0.15, -0.1) is 0 Å². The van der Waals surface area contributed by atoms with Crippen LogP contribution in [0.3, 0.4) is 0 Å². The molecule has 1 aromatic rings. The van der Waals surface area contributed by atoms with E-state index in [9.17, 15) is 5.11 Å². The maximum absolute atomic E-state index is 9.59. The first kappa shape index (κ1) is 14.9. The van der Waals surface area contributed by atoms with E-state index in [1.165, 1.54) is 11.8 Å². The molecule has 22 heavy (non-hydrogen) atoms. The Morgan fingerprint density at radius 2 is 1.73 bits per heavy atom. The molecule has 0 spiro atoms. The highest BCUT2D eigenvalue weighted by molar-refractivity contribution is 5.91. The summed E-state index contributed by atoms with van der Waals surface area (Å²) >= 11 is 0. The number of nitrogens with two attached hydrogens (primary N) is 2. The zero-order chi connectivity index (χ0) is 15.7. The summed E-state index contributed by atoms with van der Waals surface area (Å²) in [4.78, 5) is 4.41. The molecule has 2 fully saturated rings. The number of para-hydroxylation sites is 1. The molecule has 0 amide bonds. The van der Waals surface area contributed by atoms with E-state index in [1.807, 2.05) is 11.0 Å². The molecule has 0 radical (unpaired) electrons. The number of hydrogen-bond acceptors (Lipinski definition) is 5. The van der Waals surface area contributed by atoms with Crippen LogP contribution in [0, 0.1) is 17.2 Å². The molecule has 0 aromatic heterocycles. The Kier molecular flexibility index (Phi) is 4.04. The second-order valence-corrected chi connectivity index (χ2v) is 6.15. The van der Waals surface area contributed by atoms with Crippen molar-refractivity contribution in [2.75, 3.05) is 31.1 Å². The van der Waals surface area contributed by atoms with Crippen LogP contribution in [0.1, 0.15) is 0 Å². The lowest BCUT2D eigenvalue weighted by Gasteiger charge is -2.24. The standard InChI is InChI=1S/C16H23N5O/c17-15(6-14(22)16(18)19)21-9-11-7-20(8-12(11)10-21)13-4-2-1-3-5-13/h1-6,11-12,16-17,22H,7-10,18-19H2/b14-6-,17-15?. The molecule has 3 rings (SSSR count). The van der Waals surface area contributed by atoms with Gasteiger partial charge in [0.05, 0.1) is 0 Å². The van der Waals surface area contributed by atoms with Crippen molar-refractivity contribution in [3.63, 3.8) is 0 Å². The van der Waals surface area contributed by atoms with Crippen molar-refractivity contribution in [3.05, 3.63) is 42.2 Å². The molecule has 6 N–H and O–H groups in total. The number of hydrogen-bond donors (Lipinski definition) is 4. The fraction of sp³-hybridized carbons (Fsp3) is 0.438. The predicted octanol–water partition coefficient (Wildman–Crippen LogP) is 0.717. The van der Waals surface area contributed by atoms with E-state index in [4.69, 9.17) is 16.9 Å². The molecule has 0 saturated carbocycles. The van der Waals surface area contributed by atoms with Gasteiger partial charge in [-0.25, -0.2) is 0 Å². The zero-order valence-electron chi connectivity index (χ0n) is 12.5. The van der Waals surface area contributed by atoms with E-state index >= 15 is 0 Å². The van der Waals surface area contributed by atoms with E-state index in [2.05, 4.69) is 29.2 Å². The molecule has 118 valence electrons. The number of amidine groups is 1. The molecule has 0 aliphatic carbocycles. The Hall–Kier alpha value is -2.05. The third-order valence-electron chi connectivity index (χ3n) is 4.57. The summed E-state index contributed by atoms with van der Waals surface area (Å²) in [6.45, 7) is 3.72. The van der Waals surface area contributed by atoms with Gasteiger partial charge in [-0.05, 0) is 12.1 Å². The minimum Gasteiger partial charge on any atom is -0.509 e. The van der Waals surface area contributed by atoms with Crippen LogP contribution in [0.2, 0.25) is 0 Å². The van der Waals surface area contributed by atoms with Crippen LogP contribution in [-0.4, -0.2) is 48.2 Å². The van der Waals surface area contributed by atoms with E-state index in [1.54, 1.807) is 0 Å². The van der Waals surface area contributed by atoms with Crippen LogP contribution < -0.4 is 16.4 Å². The van der Waals surface area contributed by atoms with Crippen LogP contribution >= 0.6 is 0 Å². The number of benzene rings is 1. The molecule has 2 aliphatic heterocycles. The van der Waals surface area contributed by atoms with Gasteiger partial charge in [-0.3, -0.25) is 5.41 Å². The molecule has 6 nitrogen and oxygen atoms in total. The fourth-order valence-corrected chi connectivity index (χ4v) is 3.37. The highest BCUT2D eigenvalue weighted by atomic mass is 16.3. The third kappa shape index (κ3) is 2.93. The van der Waals surface area contributed by atoms with Gasteiger partial charge in [0.15, 0.2) is 0 Å². The van der Waals surface area contributed by atoms with Gasteiger partial charge in [0.25, 0.3) is 0 Å². The molecule has 2 atom stereocenters. The number of fused-ring (bicyclic) bond motifs is 1. The van der Waals surface area contributed by atoms with Crippen molar-refractivity contribution in [2.45, 2.75) is 6.17 Å². The molecule has 6 heteroatoms. The van der Waals surface area contributed by atoms with Gasteiger partial charge in [0.1, 0.15) is 17.8 Å². The summed E-state index contributed by atoms with van der Waals surface area (Å²) in [5.41, 5.74) is 12.1. The maximum Gasteiger partial charge on any atom is 0.127 e. The molecular weight excluding hydrogens is 278 g/mol. The summed E-state index contributed by atoms with van der Waals surface area (Å²) < 4.78 is 0. The van der Waals surface area contributed by atoms with E-state index in [0.717, 1.165) is 26.2 Å². The van der Waals surface area contributed by atoms with E-state index < -0.39 is 6.17 Å². The van der Waals surface area contributed by atoms with Crippen molar-refractivity contribution in [3.8, 4) is 0 Å². The number of nitrogens with zero attached hydrogens (tertiary/aromatic N) is 2. The highest BCUT2D eigenvalue weighted by Crippen LogP contribution is 2.33. The van der Waals surface area contributed by atoms with Crippen molar-refractivity contribution in [1.82, 2.24) is 4.90 Å². The minimum atomic E-state index is -0.920. The van der Waals surface area contributed by atoms with Gasteiger partial charge in [-0.2, -0.15) is 0 Å².